The highest BCUT2D eigenvalue weighted by Crippen LogP contribution is 2.22. The Balaban J connectivity index is 1.58. The first-order valence-corrected chi connectivity index (χ1v) is 11.1. The molecule has 1 aliphatic rings. The lowest BCUT2D eigenvalue weighted by atomic mass is 10.1. The van der Waals surface area contributed by atoms with E-state index in [9.17, 15) is 13.2 Å². The number of rotatable bonds is 7. The smallest absolute Gasteiger partial charge is 0.252 e. The van der Waals surface area contributed by atoms with Gasteiger partial charge in [-0.05, 0) is 37.5 Å². The van der Waals surface area contributed by atoms with Gasteiger partial charge in [-0.25, -0.2) is 13.4 Å². The second kappa shape index (κ2) is 8.52. The molecule has 0 spiro atoms. The summed E-state index contributed by atoms with van der Waals surface area (Å²) in [6, 6.07) is 13.5. The number of anilines is 1. The predicted molar refractivity (Wildman–Crippen MR) is 107 cm³/mol. The van der Waals surface area contributed by atoms with Gasteiger partial charge in [0.1, 0.15) is 5.82 Å². The topological polar surface area (TPSA) is 79.4 Å². The highest BCUT2D eigenvalue weighted by atomic mass is 32.2. The van der Waals surface area contributed by atoms with Crippen molar-refractivity contribution in [2.45, 2.75) is 25.8 Å². The van der Waals surface area contributed by atoms with E-state index < -0.39 is 9.84 Å². The van der Waals surface area contributed by atoms with Crippen LogP contribution >= 0.6 is 0 Å². The van der Waals surface area contributed by atoms with Crippen LogP contribution in [-0.4, -0.2) is 49.9 Å². The molecule has 1 saturated heterocycles. The van der Waals surface area contributed by atoms with Crippen molar-refractivity contribution in [2.75, 3.05) is 29.5 Å². The summed E-state index contributed by atoms with van der Waals surface area (Å²) in [5, 5.41) is 2.90. The minimum atomic E-state index is -2.95. The van der Waals surface area contributed by atoms with Crippen molar-refractivity contribution in [3.8, 4) is 0 Å². The summed E-state index contributed by atoms with van der Waals surface area (Å²) in [6.07, 6.45) is 2.96. The van der Waals surface area contributed by atoms with Gasteiger partial charge in [-0.2, -0.15) is 0 Å². The number of hydrogen-bond donors (Lipinski definition) is 1. The minimum absolute atomic E-state index is 0.0435. The summed E-state index contributed by atoms with van der Waals surface area (Å²) in [5.74, 6) is 0.956. The lowest BCUT2D eigenvalue weighted by molar-refractivity contribution is 0.0954. The zero-order valence-electron chi connectivity index (χ0n) is 15.5. The van der Waals surface area contributed by atoms with E-state index in [0.717, 1.165) is 6.42 Å². The van der Waals surface area contributed by atoms with E-state index in [0.29, 0.717) is 30.9 Å². The number of benzene rings is 1. The Morgan fingerprint density at radius 3 is 2.59 bits per heavy atom. The fraction of sp³-hybridized carbons (Fsp3) is 0.400. The summed E-state index contributed by atoms with van der Waals surface area (Å²) in [6.45, 7) is 3.22. The quantitative estimate of drug-likeness (QED) is 0.787. The van der Waals surface area contributed by atoms with Crippen LogP contribution in [-0.2, 0) is 16.3 Å². The van der Waals surface area contributed by atoms with E-state index >= 15 is 0 Å². The van der Waals surface area contributed by atoms with E-state index in [1.165, 1.54) is 5.56 Å². The molecule has 1 aliphatic heterocycles. The number of carbonyl (C=O) groups is 1. The van der Waals surface area contributed by atoms with E-state index in [1.807, 2.05) is 42.2 Å². The highest BCUT2D eigenvalue weighted by molar-refractivity contribution is 7.91. The fourth-order valence-electron chi connectivity index (χ4n) is 3.39. The Bertz CT molecular complexity index is 867. The molecule has 0 aliphatic carbocycles. The van der Waals surface area contributed by atoms with Gasteiger partial charge in [0, 0.05) is 25.3 Å². The lowest BCUT2D eigenvalue weighted by Gasteiger charge is -2.27. The Kier molecular flexibility index (Phi) is 6.11. The van der Waals surface area contributed by atoms with Gasteiger partial charge in [0.25, 0.3) is 5.91 Å². The van der Waals surface area contributed by atoms with Gasteiger partial charge in [0.15, 0.2) is 9.84 Å². The first kappa shape index (κ1) is 19.4. The van der Waals surface area contributed by atoms with Gasteiger partial charge in [-0.3, -0.25) is 4.79 Å². The molecule has 144 valence electrons. The number of nitrogens with one attached hydrogen (secondary N) is 1. The van der Waals surface area contributed by atoms with E-state index in [4.69, 9.17) is 0 Å². The van der Waals surface area contributed by atoms with E-state index in [2.05, 4.69) is 10.3 Å². The Hall–Kier alpha value is -2.41. The van der Waals surface area contributed by atoms with E-state index in [-0.39, 0.29) is 23.5 Å². The third-order valence-electron chi connectivity index (χ3n) is 4.84. The van der Waals surface area contributed by atoms with Gasteiger partial charge in [-0.15, -0.1) is 0 Å². The molecule has 1 amide bonds. The minimum Gasteiger partial charge on any atom is -0.353 e. The SMILES string of the molecule is CCN(c1ccc(C(=O)NCCc2ccccc2)cn1)C1CCS(=O)(=O)C1. The molecular formula is C20H25N3O3S. The first-order valence-electron chi connectivity index (χ1n) is 9.24. The van der Waals surface area contributed by atoms with Crippen molar-refractivity contribution in [1.82, 2.24) is 10.3 Å². The maximum Gasteiger partial charge on any atom is 0.252 e. The third-order valence-corrected chi connectivity index (χ3v) is 6.59. The van der Waals surface area contributed by atoms with Gasteiger partial charge in [0.2, 0.25) is 0 Å². The highest BCUT2D eigenvalue weighted by Gasteiger charge is 2.32. The number of carbonyl (C=O) groups excluding carboxylic acids is 1. The van der Waals surface area contributed by atoms with Crippen LogP contribution in [0.1, 0.15) is 29.3 Å². The molecule has 2 aromatic rings. The number of sulfone groups is 1. The van der Waals surface area contributed by atoms with Gasteiger partial charge in [0.05, 0.1) is 17.1 Å². The molecule has 0 saturated carbocycles. The Labute approximate surface area is 160 Å². The maximum absolute atomic E-state index is 12.3. The molecule has 1 atom stereocenters. The van der Waals surface area contributed by atoms with Crippen molar-refractivity contribution >= 4 is 21.6 Å². The van der Waals surface area contributed by atoms with Crippen molar-refractivity contribution in [1.29, 1.82) is 0 Å². The van der Waals surface area contributed by atoms with Crippen LogP contribution in [0, 0.1) is 0 Å². The van der Waals surface area contributed by atoms with Crippen LogP contribution in [0.5, 0.6) is 0 Å². The lowest BCUT2D eigenvalue weighted by Crippen LogP contribution is -2.36. The van der Waals surface area contributed by atoms with Crippen LogP contribution in [0.2, 0.25) is 0 Å². The molecule has 1 unspecified atom stereocenters. The molecule has 3 rings (SSSR count). The maximum atomic E-state index is 12.3. The molecule has 0 radical (unpaired) electrons. The predicted octanol–water partition coefficient (Wildman–Crippen LogP) is 2.07. The molecule has 2 heterocycles. The molecule has 27 heavy (non-hydrogen) atoms. The average Bonchev–Trinajstić information content (AvgIpc) is 3.03. The largest absolute Gasteiger partial charge is 0.353 e. The molecule has 1 N–H and O–H groups in total. The summed E-state index contributed by atoms with van der Waals surface area (Å²) in [5.41, 5.74) is 1.68. The zero-order valence-corrected chi connectivity index (χ0v) is 16.3. The van der Waals surface area contributed by atoms with Crippen molar-refractivity contribution in [2.24, 2.45) is 0 Å². The monoisotopic (exact) mass is 387 g/mol. The second-order valence-corrected chi connectivity index (χ2v) is 8.97. The van der Waals surface area contributed by atoms with Crippen molar-refractivity contribution in [3.05, 3.63) is 59.8 Å². The van der Waals surface area contributed by atoms with Gasteiger partial charge < -0.3 is 10.2 Å². The van der Waals surface area contributed by atoms with Crippen LogP contribution < -0.4 is 10.2 Å². The van der Waals surface area contributed by atoms with Crippen LogP contribution in [0.3, 0.4) is 0 Å². The average molecular weight is 388 g/mol. The molecular weight excluding hydrogens is 362 g/mol. The summed E-state index contributed by atoms with van der Waals surface area (Å²) in [7, 11) is -2.95. The number of nitrogens with zero attached hydrogens (tertiary/aromatic N) is 2. The number of aromatic nitrogens is 1. The molecule has 0 bridgehead atoms. The van der Waals surface area contributed by atoms with Crippen molar-refractivity contribution in [3.63, 3.8) is 0 Å². The van der Waals surface area contributed by atoms with Crippen LogP contribution in [0.25, 0.3) is 0 Å². The molecule has 6 nitrogen and oxygen atoms in total. The standard InChI is InChI=1S/C20H25N3O3S/c1-2-23(18-11-13-27(25,26)15-18)19-9-8-17(14-22-19)20(24)21-12-10-16-6-4-3-5-7-16/h3-9,14,18H,2,10-13,15H2,1H3,(H,21,24). The second-order valence-electron chi connectivity index (χ2n) is 6.74. The molecule has 1 fully saturated rings. The van der Waals surface area contributed by atoms with E-state index in [1.54, 1.807) is 18.3 Å². The van der Waals surface area contributed by atoms with Crippen molar-refractivity contribution < 1.29 is 13.2 Å². The van der Waals surface area contributed by atoms with Crippen LogP contribution in [0.4, 0.5) is 5.82 Å². The van der Waals surface area contributed by atoms with Gasteiger partial charge in [-0.1, -0.05) is 30.3 Å². The summed E-state index contributed by atoms with van der Waals surface area (Å²) >= 11 is 0. The van der Waals surface area contributed by atoms with Gasteiger partial charge >= 0.3 is 0 Å². The molecule has 7 heteroatoms. The molecule has 1 aromatic carbocycles. The normalized spacial score (nSPS) is 18.2. The number of hydrogen-bond acceptors (Lipinski definition) is 5. The summed E-state index contributed by atoms with van der Waals surface area (Å²) in [4.78, 5) is 18.7. The Morgan fingerprint density at radius 1 is 1.22 bits per heavy atom. The Morgan fingerprint density at radius 2 is 2.00 bits per heavy atom. The number of amides is 1. The third kappa shape index (κ3) is 5.07. The summed E-state index contributed by atoms with van der Waals surface area (Å²) < 4.78 is 23.5. The number of pyridine rings is 1. The first-order chi connectivity index (χ1) is 13.0. The van der Waals surface area contributed by atoms with Crippen LogP contribution in [0.15, 0.2) is 48.7 Å². The fourth-order valence-corrected chi connectivity index (χ4v) is 5.12. The molecule has 1 aromatic heterocycles. The zero-order chi connectivity index (χ0) is 19.3.